The van der Waals surface area contributed by atoms with Gasteiger partial charge in [-0.2, -0.15) is 0 Å². The molecule has 6 nitrogen and oxygen atoms in total. The van der Waals surface area contributed by atoms with Gasteiger partial charge in [-0.15, -0.1) is 0 Å². The molecule has 6 heteroatoms. The number of hydrogen-bond donors (Lipinski definition) is 3. The second-order valence-corrected chi connectivity index (χ2v) is 4.19. The number of nitrogens with one attached hydrogen (secondary N) is 2. The van der Waals surface area contributed by atoms with Crippen LogP contribution in [0.5, 0.6) is 0 Å². The Morgan fingerprint density at radius 2 is 2.05 bits per heavy atom. The van der Waals surface area contributed by atoms with E-state index in [9.17, 15) is 9.59 Å². The van der Waals surface area contributed by atoms with E-state index in [-0.39, 0.29) is 24.7 Å². The fraction of sp³-hybridized carbons (Fsp3) is 0.429. The largest absolute Gasteiger partial charge is 0.462 e. The molecule has 110 valence electrons. The van der Waals surface area contributed by atoms with Gasteiger partial charge in [-0.3, -0.25) is 4.79 Å². The van der Waals surface area contributed by atoms with Gasteiger partial charge in [0.2, 0.25) is 5.91 Å². The number of benzene rings is 1. The molecule has 0 atom stereocenters. The SMILES string of the molecule is CCCNC(=O)CNc1cccc(C(=O)OCC)c1N. The standard InChI is InChI=1S/C14H21N3O3/c1-3-8-16-12(18)9-17-11-7-5-6-10(13(11)15)14(19)20-4-2/h5-7,17H,3-4,8-9,15H2,1-2H3,(H,16,18). The zero-order valence-corrected chi connectivity index (χ0v) is 11.9. The zero-order chi connectivity index (χ0) is 15.0. The summed E-state index contributed by atoms with van der Waals surface area (Å²) >= 11 is 0. The van der Waals surface area contributed by atoms with Crippen LogP contribution in [0.1, 0.15) is 30.6 Å². The molecule has 0 radical (unpaired) electrons. The average Bonchev–Trinajstić information content (AvgIpc) is 2.44. The van der Waals surface area contributed by atoms with Crippen LogP contribution in [0, 0.1) is 0 Å². The van der Waals surface area contributed by atoms with Gasteiger partial charge in [0.25, 0.3) is 0 Å². The number of ether oxygens (including phenoxy) is 1. The molecule has 0 aliphatic rings. The fourth-order valence-corrected chi connectivity index (χ4v) is 1.61. The lowest BCUT2D eigenvalue weighted by Gasteiger charge is -2.12. The van der Waals surface area contributed by atoms with Crippen molar-refractivity contribution in [3.63, 3.8) is 0 Å². The third-order valence-electron chi connectivity index (χ3n) is 2.61. The van der Waals surface area contributed by atoms with E-state index in [1.165, 1.54) is 0 Å². The first-order valence-corrected chi connectivity index (χ1v) is 6.66. The summed E-state index contributed by atoms with van der Waals surface area (Å²) in [5.41, 5.74) is 7.03. The Hall–Kier alpha value is -2.24. The highest BCUT2D eigenvalue weighted by atomic mass is 16.5. The molecule has 1 aromatic carbocycles. The summed E-state index contributed by atoms with van der Waals surface area (Å²) < 4.78 is 4.92. The number of carbonyl (C=O) groups excluding carboxylic acids is 2. The van der Waals surface area contributed by atoms with Crippen LogP contribution in [0.3, 0.4) is 0 Å². The quantitative estimate of drug-likeness (QED) is 0.518. The molecule has 1 aromatic rings. The molecule has 20 heavy (non-hydrogen) atoms. The van der Waals surface area contributed by atoms with Gasteiger partial charge in [0.05, 0.1) is 30.1 Å². The number of nitrogen functional groups attached to an aromatic ring is 1. The Bertz CT molecular complexity index is 475. The third kappa shape index (κ3) is 4.46. The van der Waals surface area contributed by atoms with Crippen LogP contribution in [0.2, 0.25) is 0 Å². The number of anilines is 2. The number of carbonyl (C=O) groups is 2. The number of rotatable bonds is 7. The first-order valence-electron chi connectivity index (χ1n) is 6.66. The van der Waals surface area contributed by atoms with E-state index in [2.05, 4.69) is 10.6 Å². The van der Waals surface area contributed by atoms with Crippen LogP contribution in [-0.2, 0) is 9.53 Å². The van der Waals surface area contributed by atoms with E-state index in [0.29, 0.717) is 17.8 Å². The van der Waals surface area contributed by atoms with Gasteiger partial charge in [-0.25, -0.2) is 4.79 Å². The summed E-state index contributed by atoms with van der Waals surface area (Å²) in [5.74, 6) is -0.586. The minimum absolute atomic E-state index is 0.108. The van der Waals surface area contributed by atoms with Crippen LogP contribution >= 0.6 is 0 Å². The first-order chi connectivity index (χ1) is 9.60. The minimum Gasteiger partial charge on any atom is -0.462 e. The summed E-state index contributed by atoms with van der Waals surface area (Å²) in [4.78, 5) is 23.2. The molecular weight excluding hydrogens is 258 g/mol. The predicted octanol–water partition coefficient (Wildman–Crippen LogP) is 1.38. The third-order valence-corrected chi connectivity index (χ3v) is 2.61. The highest BCUT2D eigenvalue weighted by Gasteiger charge is 2.13. The Morgan fingerprint density at radius 3 is 2.70 bits per heavy atom. The number of amides is 1. The molecule has 1 amide bonds. The smallest absolute Gasteiger partial charge is 0.340 e. The Kier molecular flexibility index (Phi) is 6.36. The lowest BCUT2D eigenvalue weighted by molar-refractivity contribution is -0.119. The van der Waals surface area contributed by atoms with Crippen LogP contribution < -0.4 is 16.4 Å². The summed E-state index contributed by atoms with van der Waals surface area (Å²) in [6.07, 6.45) is 0.881. The molecule has 0 saturated heterocycles. The Labute approximate surface area is 118 Å². The molecule has 0 bridgehead atoms. The van der Waals surface area contributed by atoms with Gasteiger partial charge in [-0.1, -0.05) is 13.0 Å². The van der Waals surface area contributed by atoms with E-state index < -0.39 is 5.97 Å². The van der Waals surface area contributed by atoms with E-state index in [0.717, 1.165) is 6.42 Å². The lowest BCUT2D eigenvalue weighted by Crippen LogP contribution is -2.30. The van der Waals surface area contributed by atoms with Gasteiger partial charge in [0, 0.05) is 6.54 Å². The number of para-hydroxylation sites is 1. The van der Waals surface area contributed by atoms with Crippen molar-refractivity contribution in [2.24, 2.45) is 0 Å². The molecule has 0 saturated carbocycles. The van der Waals surface area contributed by atoms with Crippen molar-refractivity contribution in [1.29, 1.82) is 0 Å². The highest BCUT2D eigenvalue weighted by molar-refractivity contribution is 5.98. The van der Waals surface area contributed by atoms with Crippen LogP contribution in [0.4, 0.5) is 11.4 Å². The van der Waals surface area contributed by atoms with Gasteiger partial charge in [0.1, 0.15) is 0 Å². The van der Waals surface area contributed by atoms with Crippen LogP contribution in [0.15, 0.2) is 18.2 Å². The molecule has 0 aromatic heterocycles. The van der Waals surface area contributed by atoms with Gasteiger partial charge in [0.15, 0.2) is 0 Å². The topological polar surface area (TPSA) is 93.5 Å². The van der Waals surface area contributed by atoms with E-state index >= 15 is 0 Å². The summed E-state index contributed by atoms with van der Waals surface area (Å²) in [6.45, 7) is 4.74. The van der Waals surface area contributed by atoms with E-state index in [1.54, 1.807) is 25.1 Å². The Morgan fingerprint density at radius 1 is 1.30 bits per heavy atom. The number of hydrogen-bond acceptors (Lipinski definition) is 5. The molecule has 0 aliphatic carbocycles. The first kappa shape index (κ1) is 15.8. The fourth-order valence-electron chi connectivity index (χ4n) is 1.61. The molecule has 0 heterocycles. The van der Waals surface area contributed by atoms with Crippen molar-refractivity contribution in [3.8, 4) is 0 Å². The summed E-state index contributed by atoms with van der Waals surface area (Å²) in [6, 6.07) is 5.00. The Balaban J connectivity index is 2.69. The lowest BCUT2D eigenvalue weighted by atomic mass is 10.1. The predicted molar refractivity (Wildman–Crippen MR) is 78.6 cm³/mol. The average molecular weight is 279 g/mol. The normalized spacial score (nSPS) is 9.90. The van der Waals surface area contributed by atoms with E-state index in [1.807, 2.05) is 6.92 Å². The van der Waals surface area contributed by atoms with Gasteiger partial charge < -0.3 is 21.1 Å². The zero-order valence-electron chi connectivity index (χ0n) is 11.9. The van der Waals surface area contributed by atoms with Crippen molar-refractivity contribution in [1.82, 2.24) is 5.32 Å². The number of esters is 1. The van der Waals surface area contributed by atoms with Crippen LogP contribution in [-0.4, -0.2) is 31.6 Å². The van der Waals surface area contributed by atoms with E-state index in [4.69, 9.17) is 10.5 Å². The molecule has 0 fully saturated rings. The summed E-state index contributed by atoms with van der Waals surface area (Å²) in [7, 11) is 0. The van der Waals surface area contributed by atoms with Crippen molar-refractivity contribution in [2.45, 2.75) is 20.3 Å². The van der Waals surface area contributed by atoms with Crippen molar-refractivity contribution >= 4 is 23.3 Å². The molecule has 0 spiro atoms. The maximum absolute atomic E-state index is 11.7. The summed E-state index contributed by atoms with van der Waals surface area (Å²) in [5, 5.41) is 5.66. The molecule has 0 unspecified atom stereocenters. The van der Waals surface area contributed by atoms with Crippen molar-refractivity contribution in [2.75, 3.05) is 30.7 Å². The maximum Gasteiger partial charge on any atom is 0.340 e. The molecular formula is C14H21N3O3. The second kappa shape index (κ2) is 8.04. The van der Waals surface area contributed by atoms with Crippen molar-refractivity contribution in [3.05, 3.63) is 23.8 Å². The maximum atomic E-state index is 11.7. The second-order valence-electron chi connectivity index (χ2n) is 4.19. The van der Waals surface area contributed by atoms with Gasteiger partial charge in [-0.05, 0) is 25.5 Å². The van der Waals surface area contributed by atoms with Gasteiger partial charge >= 0.3 is 5.97 Å². The highest BCUT2D eigenvalue weighted by Crippen LogP contribution is 2.23. The number of nitrogens with two attached hydrogens (primary N) is 1. The monoisotopic (exact) mass is 279 g/mol. The van der Waals surface area contributed by atoms with Crippen LogP contribution in [0.25, 0.3) is 0 Å². The molecule has 4 N–H and O–H groups in total. The minimum atomic E-state index is -0.468. The molecule has 1 rings (SSSR count). The molecule has 0 aliphatic heterocycles. The van der Waals surface area contributed by atoms with Crippen molar-refractivity contribution < 1.29 is 14.3 Å².